The summed E-state index contributed by atoms with van der Waals surface area (Å²) in [5.41, 5.74) is -1.74. The first-order chi connectivity index (χ1) is 23.2. The maximum atomic E-state index is 12.3. The van der Waals surface area contributed by atoms with Gasteiger partial charge < -0.3 is 10.2 Å². The second-order valence-corrected chi connectivity index (χ2v) is 13.5. The van der Waals surface area contributed by atoms with Gasteiger partial charge in [0.2, 0.25) is 0 Å². The fourth-order valence-electron chi connectivity index (χ4n) is 5.27. The molecule has 6 heterocycles. The van der Waals surface area contributed by atoms with Gasteiger partial charge in [-0.3, -0.25) is 0 Å². The van der Waals surface area contributed by atoms with Crippen LogP contribution in [0.3, 0.4) is 0 Å². The van der Waals surface area contributed by atoms with E-state index in [1.54, 1.807) is 82.7 Å². The number of hydrogen-bond acceptors (Lipinski definition) is 10. The number of pyridine rings is 4. The molecular weight excluding hydrogens is 624 g/mol. The summed E-state index contributed by atoms with van der Waals surface area (Å²) >= 11 is 0. The van der Waals surface area contributed by atoms with Gasteiger partial charge in [-0.15, -0.1) is 10.2 Å². The Kier molecular flexibility index (Phi) is 8.10. The topological polar surface area (TPSA) is 188 Å². The van der Waals surface area contributed by atoms with Crippen molar-refractivity contribution in [2.75, 3.05) is 0 Å². The lowest BCUT2D eigenvalue weighted by Gasteiger charge is -2.33. The van der Waals surface area contributed by atoms with Crippen molar-refractivity contribution in [3.8, 4) is 11.6 Å². The summed E-state index contributed by atoms with van der Waals surface area (Å²) in [5.74, 6) is -0.488. The van der Waals surface area contributed by atoms with Gasteiger partial charge in [0.15, 0.2) is 23.3 Å². The third kappa shape index (κ3) is 6.15. The van der Waals surface area contributed by atoms with Gasteiger partial charge in [-0.1, -0.05) is 65.8 Å². The average molecular weight is 659 g/mol. The quantitative estimate of drug-likeness (QED) is 0.228. The molecule has 49 heavy (non-hydrogen) atoms. The molecule has 0 saturated heterocycles. The summed E-state index contributed by atoms with van der Waals surface area (Å²) < 4.78 is 3.09. The Balaban J connectivity index is 1.70. The Morgan fingerprint density at radius 1 is 0.531 bits per heavy atom. The van der Waals surface area contributed by atoms with E-state index in [0.717, 1.165) is 0 Å². The summed E-state index contributed by atoms with van der Waals surface area (Å²) in [6.07, 6.45) is 3.13. The molecule has 0 aliphatic carbocycles. The first-order valence-corrected chi connectivity index (χ1v) is 15.4. The van der Waals surface area contributed by atoms with Gasteiger partial charge in [-0.25, -0.2) is 48.9 Å². The molecule has 0 amide bonds. The molecule has 6 aromatic rings. The molecule has 0 aliphatic heterocycles. The summed E-state index contributed by atoms with van der Waals surface area (Å²) in [6.45, 7) is 12.0. The van der Waals surface area contributed by atoms with Crippen molar-refractivity contribution in [2.45, 2.75) is 57.8 Å². The average Bonchev–Trinajstić information content (AvgIpc) is 3.78. The molecule has 0 aromatic carbocycles. The summed E-state index contributed by atoms with van der Waals surface area (Å²) in [7, 11) is 0. The number of nitrogens with zero attached hydrogens (tertiary/aromatic N) is 10. The van der Waals surface area contributed by atoms with Crippen LogP contribution in [0.15, 0.2) is 85.5 Å². The van der Waals surface area contributed by atoms with Crippen LogP contribution in [0.5, 0.6) is 0 Å². The molecule has 6 aromatic heterocycles. The smallest absolute Gasteiger partial charge is 0.354 e. The van der Waals surface area contributed by atoms with Gasteiger partial charge in [0, 0.05) is 10.8 Å². The van der Waals surface area contributed by atoms with Crippen LogP contribution in [0.1, 0.15) is 96.9 Å². The summed E-state index contributed by atoms with van der Waals surface area (Å²) in [6, 6.07) is 19.7. The van der Waals surface area contributed by atoms with E-state index < -0.39 is 17.4 Å². The van der Waals surface area contributed by atoms with Crippen LogP contribution in [-0.2, 0) is 16.2 Å². The third-order valence-electron chi connectivity index (χ3n) is 7.74. The molecule has 0 fully saturated rings. The van der Waals surface area contributed by atoms with Gasteiger partial charge >= 0.3 is 11.9 Å². The van der Waals surface area contributed by atoms with Crippen LogP contribution in [0.4, 0.5) is 0 Å². The van der Waals surface area contributed by atoms with E-state index in [2.05, 4.69) is 30.1 Å². The van der Waals surface area contributed by atoms with E-state index in [1.807, 2.05) is 41.5 Å². The summed E-state index contributed by atoms with van der Waals surface area (Å²) in [5, 5.41) is 29.3. The maximum absolute atomic E-state index is 12.3. The lowest BCUT2D eigenvalue weighted by molar-refractivity contribution is 0.0680. The lowest BCUT2D eigenvalue weighted by atomic mass is 9.73. The highest BCUT2D eigenvalue weighted by molar-refractivity contribution is 5.86. The predicted octanol–water partition coefficient (Wildman–Crippen LogP) is 4.80. The first-order valence-electron chi connectivity index (χ1n) is 15.4. The molecule has 0 saturated carbocycles. The highest BCUT2D eigenvalue weighted by Crippen LogP contribution is 2.42. The fraction of sp³-hybridized carbons (Fsp3) is 0.257. The molecule has 14 nitrogen and oxygen atoms in total. The molecule has 6 rings (SSSR count). The fourth-order valence-corrected chi connectivity index (χ4v) is 5.27. The number of carboxylic acid groups (broad SMARTS) is 2. The van der Waals surface area contributed by atoms with Crippen molar-refractivity contribution < 1.29 is 19.8 Å². The molecule has 0 unspecified atom stereocenters. The largest absolute Gasteiger partial charge is 0.477 e. The van der Waals surface area contributed by atoms with Crippen LogP contribution >= 0.6 is 0 Å². The number of carboxylic acids is 2. The molecule has 0 radical (unpaired) electrons. The number of aromatic nitrogens is 10. The minimum Gasteiger partial charge on any atom is -0.477 e. The highest BCUT2D eigenvalue weighted by atomic mass is 16.4. The van der Waals surface area contributed by atoms with Crippen molar-refractivity contribution in [1.29, 1.82) is 0 Å². The zero-order valence-electron chi connectivity index (χ0n) is 27.8. The van der Waals surface area contributed by atoms with Crippen molar-refractivity contribution in [2.24, 2.45) is 0 Å². The number of hydrogen-bond donors (Lipinski definition) is 2. The zero-order valence-corrected chi connectivity index (χ0v) is 27.8. The lowest BCUT2D eigenvalue weighted by Crippen LogP contribution is -2.36. The molecule has 2 N–H and O–H groups in total. The first kappa shape index (κ1) is 32.7. The van der Waals surface area contributed by atoms with Crippen LogP contribution in [0, 0.1) is 0 Å². The van der Waals surface area contributed by atoms with Gasteiger partial charge in [0.25, 0.3) is 0 Å². The van der Waals surface area contributed by atoms with E-state index in [0.29, 0.717) is 34.7 Å². The number of carbonyl (C=O) groups is 2. The van der Waals surface area contributed by atoms with E-state index in [-0.39, 0.29) is 33.6 Å². The van der Waals surface area contributed by atoms with Crippen LogP contribution in [0.2, 0.25) is 0 Å². The molecular formula is C35H34N10O4. The van der Waals surface area contributed by atoms with Gasteiger partial charge in [0.1, 0.15) is 29.5 Å². The van der Waals surface area contributed by atoms with Gasteiger partial charge in [0.05, 0.1) is 22.8 Å². The molecule has 14 heteroatoms. The Hall–Kier alpha value is -6.18. The van der Waals surface area contributed by atoms with Crippen LogP contribution in [0.25, 0.3) is 11.6 Å². The minimum absolute atomic E-state index is 0.194. The van der Waals surface area contributed by atoms with Crippen molar-refractivity contribution >= 4 is 11.9 Å². The Morgan fingerprint density at radius 3 is 1.20 bits per heavy atom. The monoisotopic (exact) mass is 658 g/mol. The van der Waals surface area contributed by atoms with Crippen molar-refractivity contribution in [3.05, 3.63) is 131 Å². The third-order valence-corrected chi connectivity index (χ3v) is 7.74. The Morgan fingerprint density at radius 2 is 0.878 bits per heavy atom. The van der Waals surface area contributed by atoms with E-state index >= 15 is 0 Å². The van der Waals surface area contributed by atoms with E-state index in [9.17, 15) is 19.8 Å². The normalized spacial score (nSPS) is 12.2. The molecule has 0 bridgehead atoms. The van der Waals surface area contributed by atoms with Gasteiger partial charge in [-0.05, 0) is 48.5 Å². The zero-order chi connectivity index (χ0) is 35.1. The minimum atomic E-state index is -1.65. The van der Waals surface area contributed by atoms with Crippen molar-refractivity contribution in [3.63, 3.8) is 0 Å². The standard InChI is InChI=1S/C35H34N10O4/c1-33(2,3)31-36-19-44(42-31)27-17-9-15-25(40-27)35(23-13-7-11-21(38-23)29(46)47,24-14-8-12-22(39-24)30(48)49)26-16-10-18-28(41-26)45-20-37-32(43-45)34(4,5)6/h7-20H,1-6H3,(H,46,47)(H,48,49). The second-order valence-electron chi connectivity index (χ2n) is 13.5. The predicted molar refractivity (Wildman–Crippen MR) is 177 cm³/mol. The SMILES string of the molecule is CC(C)(C)c1ncn(-c2cccc(C(c3cccc(C(=O)O)n3)(c3cccc(C(=O)O)n3)c3cccc(-n4cnc(C(C)(C)C)n4)n3)n2)n1. The number of rotatable bonds is 8. The molecule has 0 spiro atoms. The number of aromatic carboxylic acids is 2. The van der Waals surface area contributed by atoms with Gasteiger partial charge in [-0.2, -0.15) is 0 Å². The second kappa shape index (κ2) is 12.1. The van der Waals surface area contributed by atoms with Crippen molar-refractivity contribution in [1.82, 2.24) is 49.5 Å². The maximum Gasteiger partial charge on any atom is 0.354 e. The Labute approximate surface area is 281 Å². The molecule has 0 aliphatic rings. The van der Waals surface area contributed by atoms with Crippen LogP contribution < -0.4 is 0 Å². The Bertz CT molecular complexity index is 2040. The molecule has 248 valence electrons. The van der Waals surface area contributed by atoms with E-state index in [4.69, 9.17) is 9.97 Å². The van der Waals surface area contributed by atoms with Crippen LogP contribution in [-0.4, -0.2) is 71.6 Å². The van der Waals surface area contributed by atoms with E-state index in [1.165, 1.54) is 12.1 Å². The molecule has 0 atom stereocenters. The highest BCUT2D eigenvalue weighted by Gasteiger charge is 2.45. The summed E-state index contributed by atoms with van der Waals surface area (Å²) in [4.78, 5) is 52.7.